The number of hydrogen-bond acceptors (Lipinski definition) is 1. The molecule has 1 aliphatic rings. The number of hydrogen-bond donors (Lipinski definition) is 1. The Bertz CT molecular complexity index is 643. The molecule has 1 aromatic heterocycles. The standard InChI is InChI=1S/C14H17ClN2S/c1-8-3-5-12(9(8)2)17-13-6-4-10(15)7-11(13)16-14(17)18/h4,6-9,12H,3,5H2,1-2H3,(H,16,18). The maximum atomic E-state index is 6.03. The maximum absolute atomic E-state index is 6.03. The molecule has 2 nitrogen and oxygen atoms in total. The van der Waals surface area contributed by atoms with E-state index in [1.807, 2.05) is 12.1 Å². The summed E-state index contributed by atoms with van der Waals surface area (Å²) < 4.78 is 3.10. The van der Waals surface area contributed by atoms with E-state index < -0.39 is 0 Å². The maximum Gasteiger partial charge on any atom is 0.178 e. The number of aromatic amines is 1. The topological polar surface area (TPSA) is 20.7 Å². The van der Waals surface area contributed by atoms with E-state index in [0.717, 1.165) is 21.2 Å². The van der Waals surface area contributed by atoms with Crippen LogP contribution in [0.15, 0.2) is 18.2 Å². The van der Waals surface area contributed by atoms with Gasteiger partial charge < -0.3 is 9.55 Å². The lowest BCUT2D eigenvalue weighted by Gasteiger charge is -2.20. The van der Waals surface area contributed by atoms with E-state index in [4.69, 9.17) is 23.8 Å². The largest absolute Gasteiger partial charge is 0.331 e. The lowest BCUT2D eigenvalue weighted by Crippen LogP contribution is -2.14. The normalized spacial score (nSPS) is 28.1. The third kappa shape index (κ3) is 1.81. The first-order valence-corrected chi connectivity index (χ1v) is 7.26. The van der Waals surface area contributed by atoms with Crippen LogP contribution in [-0.2, 0) is 0 Å². The molecule has 2 aromatic rings. The number of imidazole rings is 1. The van der Waals surface area contributed by atoms with Crippen LogP contribution in [0.2, 0.25) is 5.02 Å². The van der Waals surface area contributed by atoms with Crippen molar-refractivity contribution >= 4 is 34.9 Å². The number of benzene rings is 1. The third-order valence-corrected chi connectivity index (χ3v) is 4.97. The van der Waals surface area contributed by atoms with Gasteiger partial charge in [0.05, 0.1) is 11.0 Å². The van der Waals surface area contributed by atoms with Gasteiger partial charge in [0, 0.05) is 11.1 Å². The molecule has 3 rings (SSSR count). The molecule has 18 heavy (non-hydrogen) atoms. The Labute approximate surface area is 117 Å². The first-order valence-electron chi connectivity index (χ1n) is 6.47. The molecule has 0 bridgehead atoms. The smallest absolute Gasteiger partial charge is 0.178 e. The van der Waals surface area contributed by atoms with Crippen LogP contribution in [0, 0.1) is 16.6 Å². The van der Waals surface area contributed by atoms with Gasteiger partial charge in [-0.05, 0) is 55.1 Å². The second-order valence-electron chi connectivity index (χ2n) is 5.44. The van der Waals surface area contributed by atoms with E-state index in [1.54, 1.807) is 0 Å². The average Bonchev–Trinajstić information content (AvgIpc) is 2.80. The summed E-state index contributed by atoms with van der Waals surface area (Å²) in [5.74, 6) is 1.44. The molecule has 96 valence electrons. The van der Waals surface area contributed by atoms with E-state index in [0.29, 0.717) is 12.0 Å². The van der Waals surface area contributed by atoms with Crippen LogP contribution in [0.4, 0.5) is 0 Å². The second-order valence-corrected chi connectivity index (χ2v) is 6.27. The van der Waals surface area contributed by atoms with Gasteiger partial charge in [0.2, 0.25) is 0 Å². The number of nitrogens with zero attached hydrogens (tertiary/aromatic N) is 1. The van der Waals surface area contributed by atoms with Crippen molar-refractivity contribution in [2.75, 3.05) is 0 Å². The number of rotatable bonds is 1. The number of aromatic nitrogens is 2. The minimum absolute atomic E-state index is 0.516. The van der Waals surface area contributed by atoms with Crippen molar-refractivity contribution < 1.29 is 0 Å². The fourth-order valence-corrected chi connectivity index (χ4v) is 3.65. The van der Waals surface area contributed by atoms with Gasteiger partial charge >= 0.3 is 0 Å². The molecule has 1 aliphatic carbocycles. The van der Waals surface area contributed by atoms with Gasteiger partial charge in [0.1, 0.15) is 0 Å². The summed E-state index contributed by atoms with van der Waals surface area (Å²) in [5.41, 5.74) is 2.22. The number of H-pyrrole nitrogens is 1. The molecule has 1 N–H and O–H groups in total. The Morgan fingerprint density at radius 2 is 2.11 bits per heavy atom. The Hall–Kier alpha value is -0.800. The monoisotopic (exact) mass is 280 g/mol. The van der Waals surface area contributed by atoms with E-state index in [1.165, 1.54) is 18.4 Å². The SMILES string of the molecule is CC1CCC(n2c(=S)[nH]c3cc(Cl)ccc32)C1C. The minimum atomic E-state index is 0.516. The van der Waals surface area contributed by atoms with Crippen LogP contribution in [-0.4, -0.2) is 9.55 Å². The predicted octanol–water partition coefficient (Wildman–Crippen LogP) is 4.96. The van der Waals surface area contributed by atoms with Crippen LogP contribution in [0.5, 0.6) is 0 Å². The van der Waals surface area contributed by atoms with Gasteiger partial charge in [-0.3, -0.25) is 0 Å². The van der Waals surface area contributed by atoms with Crippen LogP contribution in [0.3, 0.4) is 0 Å². The van der Waals surface area contributed by atoms with Crippen molar-refractivity contribution in [3.63, 3.8) is 0 Å². The lowest BCUT2D eigenvalue weighted by molar-refractivity contribution is 0.356. The van der Waals surface area contributed by atoms with Gasteiger partial charge in [-0.2, -0.15) is 0 Å². The first-order chi connectivity index (χ1) is 8.58. The second kappa shape index (κ2) is 4.39. The molecule has 1 aromatic carbocycles. The van der Waals surface area contributed by atoms with Crippen molar-refractivity contribution in [2.24, 2.45) is 11.8 Å². The summed E-state index contributed by atoms with van der Waals surface area (Å²) >= 11 is 11.5. The molecular weight excluding hydrogens is 264 g/mol. The van der Waals surface area contributed by atoms with Crippen molar-refractivity contribution in [3.05, 3.63) is 28.0 Å². The molecule has 1 fully saturated rings. The summed E-state index contributed by atoms with van der Waals surface area (Å²) in [6.45, 7) is 4.67. The summed E-state index contributed by atoms with van der Waals surface area (Å²) in [5, 5.41) is 0.749. The van der Waals surface area contributed by atoms with Gasteiger partial charge in [-0.1, -0.05) is 25.4 Å². The summed E-state index contributed by atoms with van der Waals surface area (Å²) in [7, 11) is 0. The van der Waals surface area contributed by atoms with Crippen LogP contribution in [0.25, 0.3) is 11.0 Å². The quantitative estimate of drug-likeness (QED) is 0.732. The van der Waals surface area contributed by atoms with Crippen molar-refractivity contribution in [1.82, 2.24) is 9.55 Å². The highest BCUT2D eigenvalue weighted by atomic mass is 35.5. The van der Waals surface area contributed by atoms with E-state index in [-0.39, 0.29) is 0 Å². The zero-order chi connectivity index (χ0) is 12.9. The van der Waals surface area contributed by atoms with Crippen LogP contribution in [0.1, 0.15) is 32.7 Å². The highest BCUT2D eigenvalue weighted by molar-refractivity contribution is 7.71. The average molecular weight is 281 g/mol. The minimum Gasteiger partial charge on any atom is -0.331 e. The first kappa shape index (κ1) is 12.2. The van der Waals surface area contributed by atoms with Crippen LogP contribution >= 0.6 is 23.8 Å². The Kier molecular flexibility index (Phi) is 2.99. The molecule has 0 amide bonds. The number of nitrogens with one attached hydrogen (secondary N) is 1. The van der Waals surface area contributed by atoms with Gasteiger partial charge in [-0.25, -0.2) is 0 Å². The van der Waals surface area contributed by atoms with Gasteiger partial charge in [0.25, 0.3) is 0 Å². The molecule has 4 heteroatoms. The Balaban J connectivity index is 2.17. The van der Waals surface area contributed by atoms with E-state index in [9.17, 15) is 0 Å². The molecule has 1 saturated carbocycles. The number of fused-ring (bicyclic) bond motifs is 1. The fraction of sp³-hybridized carbons (Fsp3) is 0.500. The molecule has 0 spiro atoms. The summed E-state index contributed by atoms with van der Waals surface area (Å²) in [6.07, 6.45) is 2.50. The molecular formula is C14H17ClN2S. The molecule has 0 aliphatic heterocycles. The zero-order valence-corrected chi connectivity index (χ0v) is 12.2. The summed E-state index contributed by atoms with van der Waals surface area (Å²) in [6, 6.07) is 6.47. The van der Waals surface area contributed by atoms with Crippen molar-refractivity contribution in [1.29, 1.82) is 0 Å². The molecule has 0 saturated heterocycles. The third-order valence-electron chi connectivity index (χ3n) is 4.43. The molecule has 0 radical (unpaired) electrons. The van der Waals surface area contributed by atoms with E-state index >= 15 is 0 Å². The fourth-order valence-electron chi connectivity index (χ4n) is 3.14. The van der Waals surface area contributed by atoms with Crippen molar-refractivity contribution in [2.45, 2.75) is 32.7 Å². The lowest BCUT2D eigenvalue weighted by atomic mass is 9.97. The van der Waals surface area contributed by atoms with E-state index in [2.05, 4.69) is 29.5 Å². The highest BCUT2D eigenvalue weighted by Crippen LogP contribution is 2.41. The highest BCUT2D eigenvalue weighted by Gasteiger charge is 2.32. The van der Waals surface area contributed by atoms with Crippen molar-refractivity contribution in [3.8, 4) is 0 Å². The van der Waals surface area contributed by atoms with Gasteiger partial charge in [0.15, 0.2) is 4.77 Å². The van der Waals surface area contributed by atoms with Crippen LogP contribution < -0.4 is 0 Å². The zero-order valence-electron chi connectivity index (χ0n) is 10.6. The Morgan fingerprint density at radius 3 is 2.78 bits per heavy atom. The Morgan fingerprint density at radius 1 is 1.33 bits per heavy atom. The summed E-state index contributed by atoms with van der Waals surface area (Å²) in [4.78, 5) is 3.27. The van der Waals surface area contributed by atoms with Gasteiger partial charge in [-0.15, -0.1) is 0 Å². The number of halogens is 1. The molecule has 3 unspecified atom stereocenters. The predicted molar refractivity (Wildman–Crippen MR) is 78.7 cm³/mol. The molecule has 1 heterocycles. The molecule has 3 atom stereocenters.